The lowest BCUT2D eigenvalue weighted by Crippen LogP contribution is -2.19. The first-order valence-electron chi connectivity index (χ1n) is 10.1. The Kier molecular flexibility index (Phi) is 7.48. The van der Waals surface area contributed by atoms with Gasteiger partial charge in [-0.1, -0.05) is 18.2 Å². The molecule has 2 N–H and O–H groups in total. The highest BCUT2D eigenvalue weighted by Gasteiger charge is 2.32. The van der Waals surface area contributed by atoms with Crippen LogP contribution in [0.2, 0.25) is 0 Å². The number of imidazole rings is 1. The van der Waals surface area contributed by atoms with E-state index in [4.69, 9.17) is 0 Å². The highest BCUT2D eigenvalue weighted by atomic mass is 127. The molecule has 0 bridgehead atoms. The highest BCUT2D eigenvalue weighted by Crippen LogP contribution is 2.37. The van der Waals surface area contributed by atoms with Crippen LogP contribution in [0.25, 0.3) is 11.2 Å². The summed E-state index contributed by atoms with van der Waals surface area (Å²) < 4.78 is 55.0. The molecule has 0 aliphatic carbocycles. The molecule has 0 saturated carbocycles. The second-order valence-corrected chi connectivity index (χ2v) is 10.9. The zero-order chi connectivity index (χ0) is 25.3. The average Bonchev–Trinajstić information content (AvgIpc) is 3.13. The maximum atomic E-state index is 13.1. The van der Waals surface area contributed by atoms with Crippen LogP contribution in [0.4, 0.5) is 41.9 Å². The van der Waals surface area contributed by atoms with Gasteiger partial charge in [0, 0.05) is 19.4 Å². The van der Waals surface area contributed by atoms with E-state index in [1.807, 2.05) is 35.5 Å². The van der Waals surface area contributed by atoms with Crippen LogP contribution in [0, 0.1) is 6.92 Å². The number of fused-ring (bicyclic) bond motifs is 1. The maximum Gasteiger partial charge on any atom is 0.433 e. The molecule has 0 aliphatic heterocycles. The minimum absolute atomic E-state index is 0.0128. The van der Waals surface area contributed by atoms with Crippen molar-refractivity contribution in [2.24, 2.45) is 0 Å². The molecule has 8 nitrogen and oxygen atoms in total. The van der Waals surface area contributed by atoms with Crippen LogP contribution in [-0.4, -0.2) is 36.8 Å². The first-order chi connectivity index (χ1) is 16.6. The number of aryl methyl sites for hydroxylation is 1. The molecule has 35 heavy (non-hydrogen) atoms. The smallest absolute Gasteiger partial charge is 0.352 e. The van der Waals surface area contributed by atoms with Crippen LogP contribution < -0.4 is 14.9 Å². The number of pyridine rings is 2. The Labute approximate surface area is 216 Å². The average molecular weight is 633 g/mol. The van der Waals surface area contributed by atoms with E-state index in [-0.39, 0.29) is 5.82 Å². The van der Waals surface area contributed by atoms with Crippen molar-refractivity contribution in [1.29, 1.82) is 0 Å². The minimum atomic E-state index is -4.56. The van der Waals surface area contributed by atoms with E-state index in [9.17, 15) is 17.4 Å². The third-order valence-electron chi connectivity index (χ3n) is 5.06. The molecular weight excluding hydrogens is 613 g/mol. The maximum absolute atomic E-state index is 13.1. The molecule has 3 aromatic heterocycles. The fourth-order valence-corrected chi connectivity index (χ4v) is 5.92. The number of nitrogens with zero attached hydrogens (tertiary/aromatic N) is 5. The number of para-hydroxylation sites is 2. The van der Waals surface area contributed by atoms with Crippen molar-refractivity contribution in [2.45, 2.75) is 13.1 Å². The summed E-state index contributed by atoms with van der Waals surface area (Å²) >= 11 is 2.22. The molecule has 14 heteroatoms. The first-order valence-corrected chi connectivity index (χ1v) is 15.7. The van der Waals surface area contributed by atoms with Crippen LogP contribution in [0.3, 0.4) is 0 Å². The molecule has 0 amide bonds. The summed E-state index contributed by atoms with van der Waals surface area (Å²) in [5, 5.41) is 6.24. The lowest BCUT2D eigenvalue weighted by atomic mass is 10.2. The van der Waals surface area contributed by atoms with Crippen LogP contribution in [0.15, 0.2) is 48.5 Å². The van der Waals surface area contributed by atoms with Crippen molar-refractivity contribution in [3.63, 3.8) is 0 Å². The lowest BCUT2D eigenvalue weighted by Gasteiger charge is -2.20. The minimum Gasteiger partial charge on any atom is -0.352 e. The standard InChI is InChI=1S/C21H20F3IN7OPS/c1-12-26-19-14(27-13-7-4-5-8-15(13)31(2)35(3)33)11-18(30-20(19)32(12)34-25)29-17-10-6-9-16(28-17)21(22,23)24/h4-11,34H,1-3H3,(H2,27,28,29,30). The van der Waals surface area contributed by atoms with Crippen molar-refractivity contribution in [1.82, 2.24) is 19.3 Å². The number of halogens is 4. The SMILES string of the molecule is Cc1nc2c(Nc3ccccc3N(C)S(C)=O)cc(Nc3cccc(C(F)(F)F)n3)nc2n1PI. The number of nitrogens with one attached hydrogen (secondary N) is 2. The topological polar surface area (TPSA) is 88.0 Å². The van der Waals surface area contributed by atoms with Gasteiger partial charge in [0.15, 0.2) is 5.65 Å². The molecule has 3 heterocycles. The summed E-state index contributed by atoms with van der Waals surface area (Å²) in [7, 11) is 0.474. The highest BCUT2D eigenvalue weighted by molar-refractivity contribution is 14.2. The number of hydrogen-bond acceptors (Lipinski definition) is 6. The molecule has 0 fully saturated rings. The van der Waals surface area contributed by atoms with Crippen LogP contribution in [0.5, 0.6) is 0 Å². The van der Waals surface area contributed by atoms with Gasteiger partial charge < -0.3 is 10.6 Å². The van der Waals surface area contributed by atoms with E-state index in [0.717, 1.165) is 11.9 Å². The zero-order valence-electron chi connectivity index (χ0n) is 18.7. The number of rotatable bonds is 7. The lowest BCUT2D eigenvalue weighted by molar-refractivity contribution is -0.141. The van der Waals surface area contributed by atoms with Gasteiger partial charge >= 0.3 is 6.18 Å². The van der Waals surface area contributed by atoms with Gasteiger partial charge in [0.05, 0.1) is 23.4 Å². The van der Waals surface area contributed by atoms with Gasteiger partial charge in [0.2, 0.25) is 0 Å². The van der Waals surface area contributed by atoms with Gasteiger partial charge in [-0.2, -0.15) is 13.2 Å². The Balaban J connectivity index is 1.81. The predicted octanol–water partition coefficient (Wildman–Crippen LogP) is 6.16. The molecule has 184 valence electrons. The Morgan fingerprint density at radius 1 is 1.03 bits per heavy atom. The molecular formula is C21H20F3IN7OPS. The molecule has 1 aromatic carbocycles. The molecule has 0 saturated heterocycles. The molecule has 2 unspecified atom stereocenters. The Bertz CT molecular complexity index is 1420. The normalized spacial score (nSPS) is 12.9. The summed E-state index contributed by atoms with van der Waals surface area (Å²) in [5.74, 6) is 1.06. The summed E-state index contributed by atoms with van der Waals surface area (Å²) in [6, 6.07) is 12.7. The van der Waals surface area contributed by atoms with Gasteiger partial charge in [-0.3, -0.25) is 8.64 Å². The van der Waals surface area contributed by atoms with E-state index < -0.39 is 22.9 Å². The molecule has 2 atom stereocenters. The van der Waals surface area contributed by atoms with E-state index in [2.05, 4.69) is 47.6 Å². The molecule has 0 radical (unpaired) electrons. The summed E-state index contributed by atoms with van der Waals surface area (Å²) in [4.78, 5) is 13.0. The Hall–Kier alpha value is -2.51. The molecule has 4 aromatic rings. The van der Waals surface area contributed by atoms with Gasteiger partial charge in [-0.25, -0.2) is 19.2 Å². The predicted molar refractivity (Wildman–Crippen MR) is 145 cm³/mol. The Morgan fingerprint density at radius 2 is 1.77 bits per heavy atom. The van der Waals surface area contributed by atoms with E-state index >= 15 is 0 Å². The van der Waals surface area contributed by atoms with Gasteiger partial charge in [-0.15, -0.1) is 0 Å². The van der Waals surface area contributed by atoms with Gasteiger partial charge in [-0.05, 0) is 53.2 Å². The fourth-order valence-electron chi connectivity index (χ4n) is 3.35. The quantitative estimate of drug-likeness (QED) is 0.187. The van der Waals surface area contributed by atoms with Crippen molar-refractivity contribution in [2.75, 3.05) is 28.2 Å². The number of hydrogen-bond donors (Lipinski definition) is 2. The summed E-state index contributed by atoms with van der Waals surface area (Å²) in [5.41, 5.74) is 2.15. The number of alkyl halides is 3. The third-order valence-corrected chi connectivity index (χ3v) is 8.18. The Morgan fingerprint density at radius 3 is 2.46 bits per heavy atom. The number of aromatic nitrogens is 4. The molecule has 4 rings (SSSR count). The molecule has 0 spiro atoms. The van der Waals surface area contributed by atoms with Crippen LogP contribution in [-0.2, 0) is 17.2 Å². The van der Waals surface area contributed by atoms with Crippen LogP contribution in [0.1, 0.15) is 11.5 Å². The van der Waals surface area contributed by atoms with Crippen molar-refractivity contribution in [3.8, 4) is 0 Å². The second kappa shape index (κ2) is 10.2. The largest absolute Gasteiger partial charge is 0.433 e. The van der Waals surface area contributed by atoms with E-state index in [1.54, 1.807) is 23.7 Å². The summed E-state index contributed by atoms with van der Waals surface area (Å²) in [6.45, 7) is 1.86. The van der Waals surface area contributed by atoms with Gasteiger partial charge in [0.1, 0.15) is 39.7 Å². The number of anilines is 5. The third kappa shape index (κ3) is 5.51. The number of benzene rings is 1. The molecule has 0 aliphatic rings. The van der Waals surface area contributed by atoms with Crippen molar-refractivity contribution in [3.05, 3.63) is 60.0 Å². The van der Waals surface area contributed by atoms with Crippen molar-refractivity contribution >= 4 is 79.3 Å². The van der Waals surface area contributed by atoms with E-state index in [1.165, 1.54) is 12.1 Å². The second-order valence-electron chi connectivity index (χ2n) is 7.40. The fraction of sp³-hybridized carbons (Fsp3) is 0.190. The van der Waals surface area contributed by atoms with E-state index in [0.29, 0.717) is 40.4 Å². The summed E-state index contributed by atoms with van der Waals surface area (Å²) in [6.07, 6.45) is -2.67. The van der Waals surface area contributed by atoms with Gasteiger partial charge in [0.25, 0.3) is 0 Å². The zero-order valence-corrected chi connectivity index (χ0v) is 22.7. The van der Waals surface area contributed by atoms with Crippen LogP contribution >= 0.6 is 28.4 Å². The van der Waals surface area contributed by atoms with Crippen molar-refractivity contribution < 1.29 is 17.4 Å². The first kappa shape index (κ1) is 25.6. The monoisotopic (exact) mass is 633 g/mol.